The first-order chi connectivity index (χ1) is 37.4. The number of piperidine rings is 1. The molecule has 10 rings (SSSR count). The zero-order valence-corrected chi connectivity index (χ0v) is 45.2. The van der Waals surface area contributed by atoms with E-state index in [1.807, 2.05) is 50.7 Å². The summed E-state index contributed by atoms with van der Waals surface area (Å²) in [5.41, 5.74) is 2.85. The first-order valence-corrected chi connectivity index (χ1v) is 26.6. The van der Waals surface area contributed by atoms with E-state index in [0.29, 0.717) is 83.8 Å². The molecule has 21 nitrogen and oxygen atoms in total. The molecule has 4 aliphatic heterocycles. The van der Waals surface area contributed by atoms with Crippen LogP contribution in [0.15, 0.2) is 53.3 Å². The van der Waals surface area contributed by atoms with Crippen molar-refractivity contribution >= 4 is 58.7 Å². The number of aromatic nitrogens is 4. The van der Waals surface area contributed by atoms with Gasteiger partial charge in [0.25, 0.3) is 17.9 Å². The maximum atomic E-state index is 14.1. The number of piperazine rings is 1. The van der Waals surface area contributed by atoms with E-state index in [1.54, 1.807) is 58.9 Å². The fraction of sp³-hybridized carbons (Fsp3) is 0.464. The number of carboxylic acid groups (broad SMARTS) is 1. The molecule has 7 heterocycles. The number of pyridine rings is 2. The van der Waals surface area contributed by atoms with Crippen LogP contribution in [0.1, 0.15) is 110 Å². The zero-order chi connectivity index (χ0) is 55.7. The second kappa shape index (κ2) is 22.7. The fourth-order valence-electron chi connectivity index (χ4n) is 11.4. The van der Waals surface area contributed by atoms with Gasteiger partial charge in [0.1, 0.15) is 24.2 Å². The predicted molar refractivity (Wildman–Crippen MR) is 286 cm³/mol. The number of rotatable bonds is 10. The summed E-state index contributed by atoms with van der Waals surface area (Å²) in [6, 6.07) is 15.6. The highest BCUT2D eigenvalue weighted by Crippen LogP contribution is 2.41. The lowest BCUT2D eigenvalue weighted by Gasteiger charge is -2.45. The Bertz CT molecular complexity index is 3280. The standard InChI is InChI=1S/C55H61ClN10O9.CH2O2/c1-7-55(72)41-23-44-49-35(27-66(44)52(69)40(41)29-73-53(55)70)22-38-39(28-62(5)6)46(16-13-42(38)59-49)75-54(71)65-26-30(2)64(25-31(65)3)51(68)33-18-20-63(21-19-33)47-17-14-43(60-61-47)50(67)58-36-9-11-37(12-10-36)74-45-15-8-34(24-57)48(56)32(45)4;2-1-3/h8,13-17,22-23,30-31,33,36-37,72H,7,9-12,18-21,25-29H2,1-6H3,(H,58,67);1H,(H,2,3)/t30-,31+,36?,37?,55-;/m0./s1. The Hall–Kier alpha value is -7.67. The van der Waals surface area contributed by atoms with Gasteiger partial charge in [-0.05, 0) is 128 Å². The molecule has 5 aliphatic rings. The van der Waals surface area contributed by atoms with Crippen LogP contribution >= 0.6 is 11.6 Å². The van der Waals surface area contributed by atoms with E-state index in [1.165, 1.54) is 0 Å². The molecule has 1 aliphatic carbocycles. The molecule has 3 N–H and O–H groups in total. The van der Waals surface area contributed by atoms with Crippen LogP contribution in [0.25, 0.3) is 22.3 Å². The Morgan fingerprint density at radius 2 is 1.67 bits per heavy atom. The predicted octanol–water partition coefficient (Wildman–Crippen LogP) is 5.92. The molecule has 3 aromatic heterocycles. The van der Waals surface area contributed by atoms with Gasteiger partial charge in [-0.15, -0.1) is 10.2 Å². The van der Waals surface area contributed by atoms with Gasteiger partial charge in [-0.1, -0.05) is 18.5 Å². The Morgan fingerprint density at radius 1 is 0.974 bits per heavy atom. The fourth-order valence-corrected chi connectivity index (χ4v) is 11.6. The number of cyclic esters (lactones) is 1. The number of ether oxygens (including phenoxy) is 3. The maximum Gasteiger partial charge on any atom is 0.415 e. The van der Waals surface area contributed by atoms with Crippen LogP contribution < -0.4 is 25.2 Å². The highest BCUT2D eigenvalue weighted by atomic mass is 35.5. The molecule has 3 atom stereocenters. The van der Waals surface area contributed by atoms with Crippen molar-refractivity contribution in [3.8, 4) is 29.0 Å². The molecule has 0 bridgehead atoms. The van der Waals surface area contributed by atoms with E-state index in [2.05, 4.69) is 26.5 Å². The van der Waals surface area contributed by atoms with E-state index < -0.39 is 17.7 Å². The monoisotopic (exact) mass is 1090 g/mol. The number of hydrogen-bond donors (Lipinski definition) is 3. The highest BCUT2D eigenvalue weighted by molar-refractivity contribution is 6.32. The van der Waals surface area contributed by atoms with Gasteiger partial charge in [-0.25, -0.2) is 14.6 Å². The number of hydrogen-bond acceptors (Lipinski definition) is 16. The molecule has 5 aromatic rings. The molecule has 0 spiro atoms. The number of nitriles is 1. The van der Waals surface area contributed by atoms with Crippen molar-refractivity contribution in [3.05, 3.63) is 103 Å². The summed E-state index contributed by atoms with van der Waals surface area (Å²) in [6.07, 6.45) is 3.74. The summed E-state index contributed by atoms with van der Waals surface area (Å²) < 4.78 is 19.3. The van der Waals surface area contributed by atoms with Crippen LogP contribution in [0.2, 0.25) is 5.02 Å². The molecular weight excluding hydrogens is 1020 g/mol. The third-order valence-corrected chi connectivity index (χ3v) is 16.2. The molecule has 410 valence electrons. The van der Waals surface area contributed by atoms with E-state index in [9.17, 15) is 34.3 Å². The van der Waals surface area contributed by atoms with Gasteiger partial charge in [0.15, 0.2) is 17.1 Å². The van der Waals surface area contributed by atoms with Crippen molar-refractivity contribution in [2.45, 2.75) is 122 Å². The Kier molecular flexibility index (Phi) is 16.1. The van der Waals surface area contributed by atoms with E-state index in [4.69, 9.17) is 40.7 Å². The van der Waals surface area contributed by atoms with Gasteiger partial charge >= 0.3 is 12.1 Å². The highest BCUT2D eigenvalue weighted by Gasteiger charge is 2.46. The quantitative estimate of drug-likeness (QED) is 0.106. The number of fused-ring (bicyclic) bond motifs is 5. The molecule has 0 radical (unpaired) electrons. The lowest BCUT2D eigenvalue weighted by molar-refractivity contribution is -0.172. The van der Waals surface area contributed by atoms with Crippen LogP contribution in [-0.4, -0.2) is 140 Å². The number of nitrogens with zero attached hydrogens (tertiary/aromatic N) is 9. The van der Waals surface area contributed by atoms with Gasteiger partial charge in [0, 0.05) is 84.4 Å². The number of anilines is 1. The SMILES string of the molecule is CC[C@@]1(O)C(=O)OCc2c1cc1n(c2=O)Cc2cc3c(CN(C)C)c(OC(=O)N4C[C@H](C)N(C(=O)C5CCN(c6ccc(C(=O)NC7CCC(Oc8ccc(C#N)c(Cl)c8C)CC7)nn6)CC5)C[C@H]4C)ccc3nc2-1.O=CO. The number of nitrogens with one attached hydrogen (secondary N) is 1. The average Bonchev–Trinajstić information content (AvgIpc) is 4.05. The summed E-state index contributed by atoms with van der Waals surface area (Å²) in [6.45, 7) is 9.41. The minimum absolute atomic E-state index is 0.0219. The van der Waals surface area contributed by atoms with Gasteiger partial charge in [0.2, 0.25) is 5.91 Å². The van der Waals surface area contributed by atoms with Crippen molar-refractivity contribution in [2.24, 2.45) is 5.92 Å². The molecular formula is C56H63ClN10O11. The number of amides is 3. The van der Waals surface area contributed by atoms with Crippen LogP contribution in [-0.2, 0) is 44.4 Å². The molecule has 0 unspecified atom stereocenters. The second-order valence-electron chi connectivity index (χ2n) is 21.0. The van der Waals surface area contributed by atoms with E-state index in [0.717, 1.165) is 47.8 Å². The Labute approximate surface area is 455 Å². The van der Waals surface area contributed by atoms with Crippen molar-refractivity contribution in [1.82, 2.24) is 39.8 Å². The lowest BCUT2D eigenvalue weighted by atomic mass is 9.86. The summed E-state index contributed by atoms with van der Waals surface area (Å²) in [7, 11) is 3.84. The average molecular weight is 1090 g/mol. The number of aliphatic hydroxyl groups is 1. The van der Waals surface area contributed by atoms with Crippen molar-refractivity contribution in [3.63, 3.8) is 0 Å². The number of halogens is 1. The van der Waals surface area contributed by atoms with Gasteiger partial charge in [0.05, 0.1) is 45.7 Å². The van der Waals surface area contributed by atoms with E-state index in [-0.39, 0.29) is 96.9 Å². The number of esters is 1. The largest absolute Gasteiger partial charge is 0.490 e. The third kappa shape index (κ3) is 10.7. The first kappa shape index (κ1) is 55.1. The van der Waals surface area contributed by atoms with Crippen molar-refractivity contribution in [2.75, 3.05) is 45.2 Å². The third-order valence-electron chi connectivity index (χ3n) is 15.7. The number of carbonyl (C=O) groups is 5. The summed E-state index contributed by atoms with van der Waals surface area (Å²) in [4.78, 5) is 88.9. The number of carbonyl (C=O) groups excluding carboxylic acids is 4. The smallest absolute Gasteiger partial charge is 0.415 e. The Morgan fingerprint density at radius 3 is 2.33 bits per heavy atom. The molecule has 22 heteroatoms. The summed E-state index contributed by atoms with van der Waals surface area (Å²) in [5.74, 6) is 0.488. The van der Waals surface area contributed by atoms with Gasteiger partial charge in [-0.3, -0.25) is 19.2 Å². The topological polar surface area (TPSA) is 263 Å². The Balaban J connectivity index is 0.00000241. The van der Waals surface area contributed by atoms with Crippen LogP contribution in [0.3, 0.4) is 0 Å². The summed E-state index contributed by atoms with van der Waals surface area (Å²) in [5, 5.41) is 40.4. The first-order valence-electron chi connectivity index (χ1n) is 26.3. The minimum Gasteiger partial charge on any atom is -0.490 e. The maximum absolute atomic E-state index is 14.1. The summed E-state index contributed by atoms with van der Waals surface area (Å²) >= 11 is 6.34. The van der Waals surface area contributed by atoms with Gasteiger partial charge < -0.3 is 53.9 Å². The second-order valence-corrected chi connectivity index (χ2v) is 21.4. The van der Waals surface area contributed by atoms with Crippen LogP contribution in [0.4, 0.5) is 10.6 Å². The van der Waals surface area contributed by atoms with Crippen molar-refractivity contribution < 1.29 is 48.4 Å². The lowest BCUT2D eigenvalue weighted by Crippen LogP contribution is -2.61. The molecule has 2 saturated heterocycles. The van der Waals surface area contributed by atoms with Crippen LogP contribution in [0.5, 0.6) is 11.5 Å². The molecule has 3 amide bonds. The molecule has 78 heavy (non-hydrogen) atoms. The van der Waals surface area contributed by atoms with Crippen LogP contribution in [0, 0.1) is 24.2 Å². The number of benzene rings is 2. The van der Waals surface area contributed by atoms with Gasteiger partial charge in [-0.2, -0.15) is 5.26 Å². The normalized spacial score (nSPS) is 21.8. The van der Waals surface area contributed by atoms with Crippen molar-refractivity contribution in [1.29, 1.82) is 5.26 Å². The van der Waals surface area contributed by atoms with E-state index >= 15 is 0 Å². The molecule has 2 aromatic carbocycles. The minimum atomic E-state index is -1.93. The molecule has 1 saturated carbocycles. The zero-order valence-electron chi connectivity index (χ0n) is 44.5. The molecule has 3 fully saturated rings.